The molecule has 1 aliphatic rings. The number of nitrogens with one attached hydrogen (secondary N) is 1. The highest BCUT2D eigenvalue weighted by Gasteiger charge is 2.24. The van der Waals surface area contributed by atoms with Crippen molar-refractivity contribution in [3.63, 3.8) is 0 Å². The van der Waals surface area contributed by atoms with Gasteiger partial charge in [-0.05, 0) is 68.1 Å². The van der Waals surface area contributed by atoms with Crippen LogP contribution < -0.4 is 11.1 Å². The van der Waals surface area contributed by atoms with E-state index in [1.54, 1.807) is 0 Å². The summed E-state index contributed by atoms with van der Waals surface area (Å²) in [6.45, 7) is 5.53. The summed E-state index contributed by atoms with van der Waals surface area (Å²) < 4.78 is 13.0. The van der Waals surface area contributed by atoms with E-state index in [-0.39, 0.29) is 11.8 Å². The number of carbonyl (C=O) groups is 2. The van der Waals surface area contributed by atoms with Gasteiger partial charge in [0.15, 0.2) is 0 Å². The van der Waals surface area contributed by atoms with Gasteiger partial charge in [-0.1, -0.05) is 35.5 Å². The third-order valence-electron chi connectivity index (χ3n) is 7.60. The molecule has 2 amide bonds. The normalized spacial score (nSPS) is 14.2. The Morgan fingerprint density at radius 3 is 2.49 bits per heavy atom. The second-order valence-electron chi connectivity index (χ2n) is 10.2. The van der Waals surface area contributed by atoms with Gasteiger partial charge >= 0.3 is 0 Å². The summed E-state index contributed by atoms with van der Waals surface area (Å²) in [5, 5.41) is 8.80. The van der Waals surface area contributed by atoms with Gasteiger partial charge in [-0.25, -0.2) is 0 Å². The van der Waals surface area contributed by atoms with Crippen LogP contribution in [0.15, 0.2) is 65.2 Å². The first kappa shape index (κ1) is 24.9. The Bertz CT molecular complexity index is 1690. The molecule has 0 spiro atoms. The van der Waals surface area contributed by atoms with Crippen molar-refractivity contribution in [3.8, 4) is 11.1 Å². The Hall–Kier alpha value is -4.43. The smallest absolute Gasteiger partial charge is 0.249 e. The number of ether oxygens (including phenoxy) is 1. The maximum Gasteiger partial charge on any atom is 0.249 e. The van der Waals surface area contributed by atoms with E-state index in [1.165, 1.54) is 0 Å². The SMILES string of the molecule is Cc1noc(C)c1-c1cc(C(N)=O)c2c3cc(NC(=O)C4CCOCC4)ccc3n(Cc3ccccc3)c2c1. The summed E-state index contributed by atoms with van der Waals surface area (Å²) in [4.78, 5) is 25.8. The molecule has 6 rings (SSSR count). The molecular formula is C31H30N4O4. The number of fused-ring (bicyclic) bond motifs is 3. The number of hydrogen-bond donors (Lipinski definition) is 2. The Morgan fingerprint density at radius 1 is 1.03 bits per heavy atom. The fraction of sp³-hybridized carbons (Fsp3) is 0.258. The van der Waals surface area contributed by atoms with Crippen molar-refractivity contribution in [1.29, 1.82) is 0 Å². The molecular weight excluding hydrogens is 492 g/mol. The summed E-state index contributed by atoms with van der Waals surface area (Å²) in [5.41, 5.74) is 12.4. The van der Waals surface area contributed by atoms with Gasteiger partial charge in [0.05, 0.1) is 11.2 Å². The predicted molar refractivity (Wildman–Crippen MR) is 151 cm³/mol. The van der Waals surface area contributed by atoms with Gasteiger partial charge in [0.25, 0.3) is 0 Å². The van der Waals surface area contributed by atoms with E-state index < -0.39 is 5.91 Å². The van der Waals surface area contributed by atoms with E-state index in [2.05, 4.69) is 33.2 Å². The largest absolute Gasteiger partial charge is 0.381 e. The molecule has 0 unspecified atom stereocenters. The summed E-state index contributed by atoms with van der Waals surface area (Å²) in [6.07, 6.45) is 1.42. The highest BCUT2D eigenvalue weighted by Crippen LogP contribution is 2.38. The molecule has 2 aromatic heterocycles. The Labute approximate surface area is 225 Å². The zero-order valence-corrected chi connectivity index (χ0v) is 22.0. The van der Waals surface area contributed by atoms with Gasteiger partial charge in [0.1, 0.15) is 5.76 Å². The number of primary amides is 1. The van der Waals surface area contributed by atoms with E-state index >= 15 is 0 Å². The Kier molecular flexibility index (Phi) is 6.40. The molecule has 0 bridgehead atoms. The molecule has 198 valence electrons. The number of amides is 2. The lowest BCUT2D eigenvalue weighted by atomic mass is 9.97. The molecule has 8 heteroatoms. The molecule has 0 aliphatic carbocycles. The minimum atomic E-state index is -0.524. The van der Waals surface area contributed by atoms with Crippen molar-refractivity contribution in [2.24, 2.45) is 11.7 Å². The predicted octanol–water partition coefficient (Wildman–Crippen LogP) is 5.58. The summed E-state index contributed by atoms with van der Waals surface area (Å²) in [5.74, 6) is 0.0595. The molecule has 3 N–H and O–H groups in total. The van der Waals surface area contributed by atoms with Crippen LogP contribution in [0.2, 0.25) is 0 Å². The molecule has 3 heterocycles. The van der Waals surface area contributed by atoms with Gasteiger partial charge in [0, 0.05) is 58.8 Å². The first-order chi connectivity index (χ1) is 18.9. The average Bonchev–Trinajstić information content (AvgIpc) is 3.44. The number of rotatable bonds is 6. The molecule has 3 aromatic carbocycles. The van der Waals surface area contributed by atoms with Crippen LogP contribution >= 0.6 is 0 Å². The molecule has 0 atom stereocenters. The van der Waals surface area contributed by atoms with E-state index in [9.17, 15) is 9.59 Å². The van der Waals surface area contributed by atoms with Gasteiger partial charge in [-0.3, -0.25) is 9.59 Å². The van der Waals surface area contributed by atoms with Crippen molar-refractivity contribution >= 4 is 39.3 Å². The molecule has 1 fully saturated rings. The number of nitrogens with two attached hydrogens (primary N) is 1. The third-order valence-corrected chi connectivity index (χ3v) is 7.60. The molecule has 0 saturated carbocycles. The molecule has 39 heavy (non-hydrogen) atoms. The van der Waals surface area contributed by atoms with Crippen molar-refractivity contribution < 1.29 is 18.8 Å². The summed E-state index contributed by atoms with van der Waals surface area (Å²) in [7, 11) is 0. The van der Waals surface area contributed by atoms with Gasteiger partial charge in [-0.2, -0.15) is 0 Å². The zero-order chi connectivity index (χ0) is 27.1. The zero-order valence-electron chi connectivity index (χ0n) is 22.0. The summed E-state index contributed by atoms with van der Waals surface area (Å²) >= 11 is 0. The number of nitrogens with zero attached hydrogens (tertiary/aromatic N) is 2. The molecule has 1 saturated heterocycles. The minimum Gasteiger partial charge on any atom is -0.381 e. The monoisotopic (exact) mass is 522 g/mol. The van der Waals surface area contributed by atoms with Crippen LogP contribution in [0.1, 0.15) is 40.2 Å². The minimum absolute atomic E-state index is 0.0125. The number of aryl methyl sites for hydroxylation is 2. The van der Waals surface area contributed by atoms with Crippen LogP contribution in [-0.4, -0.2) is 34.8 Å². The number of carbonyl (C=O) groups excluding carboxylic acids is 2. The highest BCUT2D eigenvalue weighted by atomic mass is 16.5. The first-order valence-corrected chi connectivity index (χ1v) is 13.2. The van der Waals surface area contributed by atoms with Crippen molar-refractivity contribution in [3.05, 3.63) is 83.2 Å². The first-order valence-electron chi connectivity index (χ1n) is 13.2. The fourth-order valence-electron chi connectivity index (χ4n) is 5.68. The number of benzene rings is 3. The van der Waals surface area contributed by atoms with Crippen molar-refractivity contribution in [2.45, 2.75) is 33.2 Å². The maximum atomic E-state index is 13.0. The van der Waals surface area contributed by atoms with E-state index in [0.717, 1.165) is 44.2 Å². The highest BCUT2D eigenvalue weighted by molar-refractivity contribution is 6.19. The van der Waals surface area contributed by atoms with Crippen molar-refractivity contribution in [2.75, 3.05) is 18.5 Å². The van der Waals surface area contributed by atoms with Crippen LogP contribution in [0.5, 0.6) is 0 Å². The lowest BCUT2D eigenvalue weighted by Crippen LogP contribution is -2.28. The van der Waals surface area contributed by atoms with E-state index in [0.29, 0.717) is 49.6 Å². The second kappa shape index (κ2) is 10.0. The van der Waals surface area contributed by atoms with Gasteiger partial charge < -0.3 is 24.9 Å². The van der Waals surface area contributed by atoms with E-state index in [1.807, 2.05) is 56.3 Å². The van der Waals surface area contributed by atoms with E-state index in [4.69, 9.17) is 15.0 Å². The van der Waals surface area contributed by atoms with Crippen LogP contribution in [0, 0.1) is 19.8 Å². The van der Waals surface area contributed by atoms with Gasteiger partial charge in [0.2, 0.25) is 11.8 Å². The molecule has 1 aliphatic heterocycles. The standard InChI is InChI=1S/C31H30N4O4/c1-18-28(19(2)39-34-18)22-14-25(30(32)36)29-24-16-23(33-31(37)21-10-12-38-13-11-21)8-9-26(24)35(27(29)15-22)17-20-6-4-3-5-7-20/h3-9,14-16,21H,10-13,17H2,1-2H3,(H2,32,36)(H,33,37). The average molecular weight is 523 g/mol. The number of anilines is 1. The van der Waals surface area contributed by atoms with Gasteiger partial charge in [-0.15, -0.1) is 0 Å². The maximum absolute atomic E-state index is 13.0. The quantitative estimate of drug-likeness (QED) is 0.302. The van der Waals surface area contributed by atoms with Crippen LogP contribution in [-0.2, 0) is 16.1 Å². The second-order valence-corrected chi connectivity index (χ2v) is 10.2. The van der Waals surface area contributed by atoms with Crippen LogP contribution in [0.3, 0.4) is 0 Å². The lowest BCUT2D eigenvalue weighted by molar-refractivity contribution is -0.122. The third kappa shape index (κ3) is 4.57. The molecule has 0 radical (unpaired) electrons. The summed E-state index contributed by atoms with van der Waals surface area (Å²) in [6, 6.07) is 19.9. The number of aromatic nitrogens is 2. The Morgan fingerprint density at radius 2 is 1.79 bits per heavy atom. The Balaban J connectivity index is 1.56. The van der Waals surface area contributed by atoms with Crippen molar-refractivity contribution in [1.82, 2.24) is 9.72 Å². The topological polar surface area (TPSA) is 112 Å². The van der Waals surface area contributed by atoms with Crippen LogP contribution in [0.4, 0.5) is 5.69 Å². The fourth-order valence-corrected chi connectivity index (χ4v) is 5.68. The van der Waals surface area contributed by atoms with Crippen LogP contribution in [0.25, 0.3) is 32.9 Å². The molecule has 8 nitrogen and oxygen atoms in total. The number of hydrogen-bond acceptors (Lipinski definition) is 5. The lowest BCUT2D eigenvalue weighted by Gasteiger charge is -2.21. The molecule has 5 aromatic rings.